The summed E-state index contributed by atoms with van der Waals surface area (Å²) in [7, 11) is 0. The monoisotopic (exact) mass is 376 g/mol. The van der Waals surface area contributed by atoms with Crippen LogP contribution in [0.15, 0.2) is 18.6 Å². The van der Waals surface area contributed by atoms with Gasteiger partial charge >= 0.3 is 0 Å². The molecule has 2 aromatic heterocycles. The number of nitrogens with one attached hydrogen (secondary N) is 1. The third kappa shape index (κ3) is 4.05. The van der Waals surface area contributed by atoms with E-state index >= 15 is 0 Å². The second kappa shape index (κ2) is 6.28. The number of halogens is 1. The lowest BCUT2D eigenvalue weighted by atomic mass is 10.3. The smallest absolute Gasteiger partial charge is 0.226 e. The number of hydrogen-bond acceptors (Lipinski definition) is 4. The molecule has 96 valence electrons. The maximum atomic E-state index is 11.6. The molecule has 0 atom stereocenters. The van der Waals surface area contributed by atoms with Gasteiger partial charge in [0.15, 0.2) is 5.13 Å². The second-order valence-electron chi connectivity index (χ2n) is 3.85. The molecule has 0 radical (unpaired) electrons. The van der Waals surface area contributed by atoms with Crippen LogP contribution < -0.4 is 5.32 Å². The van der Waals surface area contributed by atoms with Crippen LogP contribution in [0.4, 0.5) is 5.13 Å². The van der Waals surface area contributed by atoms with Crippen LogP contribution in [0.3, 0.4) is 0 Å². The molecule has 0 bridgehead atoms. The first kappa shape index (κ1) is 13.5. The van der Waals surface area contributed by atoms with Crippen LogP contribution >= 0.6 is 33.9 Å². The number of amides is 1. The van der Waals surface area contributed by atoms with Crippen LogP contribution in [-0.2, 0) is 11.3 Å². The fraction of sp³-hybridized carbons (Fsp3) is 0.364. The minimum Gasteiger partial charge on any atom is -0.302 e. The first-order chi connectivity index (χ1) is 8.63. The minimum absolute atomic E-state index is 0.00574. The maximum Gasteiger partial charge on any atom is 0.226 e. The summed E-state index contributed by atoms with van der Waals surface area (Å²) in [5.41, 5.74) is 0. The quantitative estimate of drug-likeness (QED) is 0.817. The van der Waals surface area contributed by atoms with E-state index in [1.54, 1.807) is 12.4 Å². The van der Waals surface area contributed by atoms with Gasteiger partial charge in [-0.25, -0.2) is 4.98 Å². The van der Waals surface area contributed by atoms with E-state index in [0.717, 1.165) is 21.4 Å². The molecule has 0 unspecified atom stereocenters. The Balaban J connectivity index is 1.72. The fourth-order valence-electron chi connectivity index (χ4n) is 1.46. The van der Waals surface area contributed by atoms with Gasteiger partial charge in [0, 0.05) is 30.2 Å². The van der Waals surface area contributed by atoms with Crippen LogP contribution in [-0.4, -0.2) is 20.7 Å². The third-order valence-electron chi connectivity index (χ3n) is 2.26. The molecule has 0 aromatic carbocycles. The molecule has 18 heavy (non-hydrogen) atoms. The Kier molecular flexibility index (Phi) is 4.70. The third-order valence-corrected chi connectivity index (χ3v) is 3.65. The fourth-order valence-corrected chi connectivity index (χ4v) is 2.58. The predicted molar refractivity (Wildman–Crippen MR) is 79.7 cm³/mol. The number of anilines is 1. The van der Waals surface area contributed by atoms with Crippen molar-refractivity contribution < 1.29 is 4.79 Å². The van der Waals surface area contributed by atoms with Crippen LogP contribution in [0.25, 0.3) is 0 Å². The molecule has 0 aliphatic carbocycles. The summed E-state index contributed by atoms with van der Waals surface area (Å²) in [5.74, 6) is 0.00574. The summed E-state index contributed by atoms with van der Waals surface area (Å²) in [4.78, 5) is 16.8. The SMILES string of the molecule is Cc1cnc(NC(=O)CCCn2cc(I)cn2)s1. The highest BCUT2D eigenvalue weighted by molar-refractivity contribution is 14.1. The first-order valence-corrected chi connectivity index (χ1v) is 7.43. The molecule has 1 N–H and O–H groups in total. The molecule has 0 aliphatic rings. The zero-order chi connectivity index (χ0) is 13.0. The van der Waals surface area contributed by atoms with Crippen molar-refractivity contribution in [3.05, 3.63) is 27.0 Å². The standard InChI is InChI=1S/C11H13IN4OS/c1-8-5-13-11(18-8)15-10(17)3-2-4-16-7-9(12)6-14-16/h5-7H,2-4H2,1H3,(H,13,15,17). The molecule has 0 aliphatic heterocycles. The number of thiazole rings is 1. The molecule has 5 nitrogen and oxygen atoms in total. The van der Waals surface area contributed by atoms with Crippen LogP contribution in [0.2, 0.25) is 0 Å². The van der Waals surface area contributed by atoms with Gasteiger partial charge in [-0.15, -0.1) is 11.3 Å². The highest BCUT2D eigenvalue weighted by Gasteiger charge is 2.05. The Morgan fingerprint density at radius 2 is 2.39 bits per heavy atom. The van der Waals surface area contributed by atoms with Crippen molar-refractivity contribution in [3.63, 3.8) is 0 Å². The summed E-state index contributed by atoms with van der Waals surface area (Å²) in [5, 5.41) is 7.63. The maximum absolute atomic E-state index is 11.6. The summed E-state index contributed by atoms with van der Waals surface area (Å²) in [6.45, 7) is 2.72. The van der Waals surface area contributed by atoms with Gasteiger partial charge in [-0.2, -0.15) is 5.10 Å². The normalized spacial score (nSPS) is 10.6. The van der Waals surface area contributed by atoms with Gasteiger partial charge in [-0.1, -0.05) is 0 Å². The summed E-state index contributed by atoms with van der Waals surface area (Å²) < 4.78 is 2.96. The Hall–Kier alpha value is -0.960. The molecule has 1 amide bonds. The van der Waals surface area contributed by atoms with Gasteiger partial charge < -0.3 is 5.32 Å². The van der Waals surface area contributed by atoms with Gasteiger partial charge in [0.05, 0.1) is 9.77 Å². The van der Waals surface area contributed by atoms with E-state index in [4.69, 9.17) is 0 Å². The number of aromatic nitrogens is 3. The highest BCUT2D eigenvalue weighted by Crippen LogP contribution is 2.16. The predicted octanol–water partition coefficient (Wildman–Crippen LogP) is 2.67. The lowest BCUT2D eigenvalue weighted by molar-refractivity contribution is -0.116. The van der Waals surface area contributed by atoms with Crippen molar-refractivity contribution >= 4 is 45.0 Å². The lowest BCUT2D eigenvalue weighted by Crippen LogP contribution is -2.12. The van der Waals surface area contributed by atoms with Gasteiger partial charge in [0.1, 0.15) is 0 Å². The number of carbonyl (C=O) groups excluding carboxylic acids is 1. The van der Waals surface area contributed by atoms with E-state index in [0.29, 0.717) is 11.6 Å². The Labute approximate surface area is 123 Å². The van der Waals surface area contributed by atoms with Gasteiger partial charge in [0.2, 0.25) is 5.91 Å². The second-order valence-corrected chi connectivity index (χ2v) is 6.33. The molecule has 2 aromatic rings. The van der Waals surface area contributed by atoms with E-state index in [2.05, 4.69) is 38.0 Å². The molecule has 0 fully saturated rings. The number of aryl methyl sites for hydroxylation is 2. The van der Waals surface area contributed by atoms with E-state index in [9.17, 15) is 4.79 Å². The summed E-state index contributed by atoms with van der Waals surface area (Å²) in [6, 6.07) is 0. The van der Waals surface area contributed by atoms with Crippen LogP contribution in [0, 0.1) is 10.5 Å². The van der Waals surface area contributed by atoms with E-state index < -0.39 is 0 Å². The molecule has 7 heteroatoms. The average Bonchev–Trinajstić information content (AvgIpc) is 2.88. The molecule has 0 saturated carbocycles. The van der Waals surface area contributed by atoms with Gasteiger partial charge in [-0.3, -0.25) is 9.48 Å². The lowest BCUT2D eigenvalue weighted by Gasteiger charge is -2.02. The molecular weight excluding hydrogens is 363 g/mol. The zero-order valence-corrected chi connectivity index (χ0v) is 12.9. The van der Waals surface area contributed by atoms with Crippen molar-refractivity contribution in [3.8, 4) is 0 Å². The summed E-state index contributed by atoms with van der Waals surface area (Å²) >= 11 is 3.70. The zero-order valence-electron chi connectivity index (χ0n) is 9.89. The van der Waals surface area contributed by atoms with Crippen molar-refractivity contribution in [2.45, 2.75) is 26.3 Å². The molecule has 0 spiro atoms. The van der Waals surface area contributed by atoms with E-state index in [-0.39, 0.29) is 5.91 Å². The van der Waals surface area contributed by atoms with Crippen LogP contribution in [0.5, 0.6) is 0 Å². The minimum atomic E-state index is 0.00574. The first-order valence-electron chi connectivity index (χ1n) is 5.54. The number of nitrogens with zero attached hydrogens (tertiary/aromatic N) is 3. The van der Waals surface area contributed by atoms with Gasteiger partial charge in [0.25, 0.3) is 0 Å². The molecule has 2 rings (SSSR count). The average molecular weight is 376 g/mol. The number of rotatable bonds is 5. The molecular formula is C11H13IN4OS. The highest BCUT2D eigenvalue weighted by atomic mass is 127. The topological polar surface area (TPSA) is 59.8 Å². The van der Waals surface area contributed by atoms with Crippen molar-refractivity contribution in [2.24, 2.45) is 0 Å². The Bertz CT molecular complexity index is 537. The summed E-state index contributed by atoms with van der Waals surface area (Å²) in [6.07, 6.45) is 6.77. The van der Waals surface area contributed by atoms with E-state index in [1.807, 2.05) is 17.8 Å². The van der Waals surface area contributed by atoms with Crippen molar-refractivity contribution in [2.75, 3.05) is 5.32 Å². The molecule has 2 heterocycles. The van der Waals surface area contributed by atoms with Crippen LogP contribution in [0.1, 0.15) is 17.7 Å². The van der Waals surface area contributed by atoms with Gasteiger partial charge in [-0.05, 0) is 35.9 Å². The number of hydrogen-bond donors (Lipinski definition) is 1. The van der Waals surface area contributed by atoms with Crippen molar-refractivity contribution in [1.29, 1.82) is 0 Å². The Morgan fingerprint density at radius 1 is 1.56 bits per heavy atom. The van der Waals surface area contributed by atoms with E-state index in [1.165, 1.54) is 11.3 Å². The van der Waals surface area contributed by atoms with Crippen molar-refractivity contribution in [1.82, 2.24) is 14.8 Å². The Morgan fingerprint density at radius 3 is 3.00 bits per heavy atom. The number of carbonyl (C=O) groups is 1. The molecule has 0 saturated heterocycles. The largest absolute Gasteiger partial charge is 0.302 e.